The Morgan fingerprint density at radius 3 is 2.62 bits per heavy atom. The number of carbonyl (C=O) groups excluding carboxylic acids is 2. The van der Waals surface area contributed by atoms with Gasteiger partial charge in [0.15, 0.2) is 12.7 Å². The minimum atomic E-state index is -0.715. The summed E-state index contributed by atoms with van der Waals surface area (Å²) in [5.41, 5.74) is 2.15. The molecule has 1 rings (SSSR count). The van der Waals surface area contributed by atoms with Crippen molar-refractivity contribution in [2.75, 3.05) is 13.2 Å². The summed E-state index contributed by atoms with van der Waals surface area (Å²) in [7, 11) is 0. The summed E-state index contributed by atoms with van der Waals surface area (Å²) in [6, 6.07) is 7.82. The molecule has 21 heavy (non-hydrogen) atoms. The van der Waals surface area contributed by atoms with Gasteiger partial charge in [0.2, 0.25) is 0 Å². The minimum absolute atomic E-state index is 0.260. The molecular weight excluding hydrogens is 270 g/mol. The molecule has 0 aliphatic rings. The normalized spacial score (nSPS) is 11.5. The Bertz CT molecular complexity index is 482. The molecule has 0 aliphatic heterocycles. The van der Waals surface area contributed by atoms with Crippen LogP contribution in [-0.2, 0) is 25.6 Å². The summed E-state index contributed by atoms with van der Waals surface area (Å²) in [4.78, 5) is 23.1. The van der Waals surface area contributed by atoms with Crippen LogP contribution in [-0.4, -0.2) is 31.2 Å². The van der Waals surface area contributed by atoms with Gasteiger partial charge >= 0.3 is 5.97 Å². The quantitative estimate of drug-likeness (QED) is 0.585. The summed E-state index contributed by atoms with van der Waals surface area (Å²) >= 11 is 0. The van der Waals surface area contributed by atoms with Gasteiger partial charge in [0.1, 0.15) is 0 Å². The molecule has 1 unspecified atom stereocenters. The lowest BCUT2D eigenvalue weighted by Gasteiger charge is -2.11. The molecule has 0 aliphatic carbocycles. The second-order valence-corrected chi connectivity index (χ2v) is 4.63. The van der Waals surface area contributed by atoms with Crippen molar-refractivity contribution in [2.24, 2.45) is 0 Å². The van der Waals surface area contributed by atoms with Crippen LogP contribution in [0.1, 0.15) is 18.1 Å². The number of hydrogen-bond donors (Lipinski definition) is 1. The van der Waals surface area contributed by atoms with Crippen LogP contribution in [0.5, 0.6) is 0 Å². The highest BCUT2D eigenvalue weighted by molar-refractivity contribution is 5.81. The Morgan fingerprint density at radius 1 is 1.33 bits per heavy atom. The maximum absolute atomic E-state index is 11.6. The third kappa shape index (κ3) is 6.72. The van der Waals surface area contributed by atoms with Crippen LogP contribution in [0, 0.1) is 6.92 Å². The third-order valence-corrected chi connectivity index (χ3v) is 2.75. The largest absolute Gasteiger partial charge is 0.454 e. The Kier molecular flexibility index (Phi) is 7.18. The van der Waals surface area contributed by atoms with Crippen LogP contribution in [0.15, 0.2) is 36.9 Å². The summed E-state index contributed by atoms with van der Waals surface area (Å²) in [5.74, 6) is -0.915. The van der Waals surface area contributed by atoms with Crippen LogP contribution in [0.2, 0.25) is 0 Å². The zero-order chi connectivity index (χ0) is 15.7. The molecule has 0 bridgehead atoms. The molecule has 5 heteroatoms. The highest BCUT2D eigenvalue weighted by Crippen LogP contribution is 2.02. The van der Waals surface area contributed by atoms with Crippen LogP contribution in [0.4, 0.5) is 0 Å². The number of esters is 1. The van der Waals surface area contributed by atoms with Gasteiger partial charge in [-0.3, -0.25) is 4.79 Å². The van der Waals surface area contributed by atoms with E-state index in [1.165, 1.54) is 6.08 Å². The zero-order valence-electron chi connectivity index (χ0n) is 12.4. The second kappa shape index (κ2) is 8.92. The van der Waals surface area contributed by atoms with Crippen LogP contribution in [0.3, 0.4) is 0 Å². The van der Waals surface area contributed by atoms with Gasteiger partial charge in [0, 0.05) is 6.54 Å². The van der Waals surface area contributed by atoms with Gasteiger partial charge in [0.05, 0.1) is 6.61 Å². The molecular formula is C16H21NO4. The molecule has 0 heterocycles. The van der Waals surface area contributed by atoms with E-state index in [9.17, 15) is 9.59 Å². The Balaban J connectivity index is 2.26. The van der Waals surface area contributed by atoms with E-state index in [1.54, 1.807) is 6.92 Å². The molecule has 1 aromatic rings. The molecule has 0 fully saturated rings. The second-order valence-electron chi connectivity index (χ2n) is 4.63. The van der Waals surface area contributed by atoms with Gasteiger partial charge in [-0.05, 0) is 19.4 Å². The SMILES string of the molecule is C=CCOC(C)C(=O)OCC(=O)NCc1ccc(C)cc1. The Hall–Kier alpha value is -2.14. The van der Waals surface area contributed by atoms with E-state index in [0.29, 0.717) is 6.54 Å². The molecule has 1 aromatic carbocycles. The molecule has 114 valence electrons. The van der Waals surface area contributed by atoms with E-state index in [4.69, 9.17) is 9.47 Å². The monoisotopic (exact) mass is 291 g/mol. The number of hydrogen-bond acceptors (Lipinski definition) is 4. The Labute approximate surface area is 124 Å². The first-order valence-electron chi connectivity index (χ1n) is 6.74. The first-order chi connectivity index (χ1) is 10.0. The fourth-order valence-electron chi connectivity index (χ4n) is 1.49. The molecule has 1 atom stereocenters. The predicted molar refractivity (Wildman–Crippen MR) is 79.6 cm³/mol. The predicted octanol–water partition coefficient (Wildman–Crippen LogP) is 1.75. The van der Waals surface area contributed by atoms with Crippen molar-refractivity contribution in [1.29, 1.82) is 0 Å². The van der Waals surface area contributed by atoms with Crippen LogP contribution in [0.25, 0.3) is 0 Å². The van der Waals surface area contributed by atoms with E-state index >= 15 is 0 Å². The van der Waals surface area contributed by atoms with Crippen LogP contribution < -0.4 is 5.32 Å². The lowest BCUT2D eigenvalue weighted by molar-refractivity contribution is -0.158. The average molecular weight is 291 g/mol. The summed E-state index contributed by atoms with van der Waals surface area (Å²) in [5, 5.41) is 2.68. The van der Waals surface area contributed by atoms with Crippen molar-refractivity contribution < 1.29 is 19.1 Å². The minimum Gasteiger partial charge on any atom is -0.454 e. The number of rotatable bonds is 8. The first-order valence-corrected chi connectivity index (χ1v) is 6.74. The Morgan fingerprint density at radius 2 is 2.00 bits per heavy atom. The zero-order valence-corrected chi connectivity index (χ0v) is 12.4. The van der Waals surface area contributed by atoms with E-state index in [2.05, 4.69) is 11.9 Å². The number of carbonyl (C=O) groups is 2. The summed E-state index contributed by atoms with van der Waals surface area (Å²) < 4.78 is 9.96. The van der Waals surface area contributed by atoms with Gasteiger partial charge in [-0.2, -0.15) is 0 Å². The van der Waals surface area contributed by atoms with Crippen molar-refractivity contribution in [1.82, 2.24) is 5.32 Å². The lowest BCUT2D eigenvalue weighted by atomic mass is 10.1. The average Bonchev–Trinajstić information content (AvgIpc) is 2.49. The van der Waals surface area contributed by atoms with Gasteiger partial charge in [-0.1, -0.05) is 35.9 Å². The smallest absolute Gasteiger partial charge is 0.335 e. The number of nitrogens with one attached hydrogen (secondary N) is 1. The topological polar surface area (TPSA) is 64.6 Å². The number of benzene rings is 1. The highest BCUT2D eigenvalue weighted by atomic mass is 16.6. The fourth-order valence-corrected chi connectivity index (χ4v) is 1.49. The first kappa shape index (κ1) is 16.9. The van der Waals surface area contributed by atoms with Crippen LogP contribution >= 0.6 is 0 Å². The van der Waals surface area contributed by atoms with Crippen molar-refractivity contribution in [2.45, 2.75) is 26.5 Å². The lowest BCUT2D eigenvalue weighted by Crippen LogP contribution is -2.31. The highest BCUT2D eigenvalue weighted by Gasteiger charge is 2.15. The molecule has 0 saturated heterocycles. The van der Waals surface area contributed by atoms with E-state index in [1.807, 2.05) is 31.2 Å². The number of aryl methyl sites for hydroxylation is 1. The maximum atomic E-state index is 11.6. The van der Waals surface area contributed by atoms with E-state index in [0.717, 1.165) is 11.1 Å². The molecule has 5 nitrogen and oxygen atoms in total. The van der Waals surface area contributed by atoms with Crippen molar-refractivity contribution in [3.05, 3.63) is 48.0 Å². The van der Waals surface area contributed by atoms with Crippen molar-refractivity contribution in [3.8, 4) is 0 Å². The van der Waals surface area contributed by atoms with Gasteiger partial charge in [-0.15, -0.1) is 6.58 Å². The molecule has 0 radical (unpaired) electrons. The standard InChI is InChI=1S/C16H21NO4/c1-4-9-20-13(3)16(19)21-11-15(18)17-10-14-7-5-12(2)6-8-14/h4-8,13H,1,9-11H2,2-3H3,(H,17,18). The molecule has 0 spiro atoms. The van der Waals surface area contributed by atoms with Gasteiger partial charge in [0.25, 0.3) is 5.91 Å². The molecule has 0 aromatic heterocycles. The number of amides is 1. The van der Waals surface area contributed by atoms with E-state index in [-0.39, 0.29) is 19.1 Å². The van der Waals surface area contributed by atoms with Crippen molar-refractivity contribution in [3.63, 3.8) is 0 Å². The summed E-state index contributed by atoms with van der Waals surface area (Å²) in [6.07, 6.45) is 0.825. The van der Waals surface area contributed by atoms with Gasteiger partial charge in [-0.25, -0.2) is 4.79 Å². The van der Waals surface area contributed by atoms with Gasteiger partial charge < -0.3 is 14.8 Å². The third-order valence-electron chi connectivity index (χ3n) is 2.75. The van der Waals surface area contributed by atoms with E-state index < -0.39 is 12.1 Å². The molecule has 1 N–H and O–H groups in total. The number of ether oxygens (including phenoxy) is 2. The van der Waals surface area contributed by atoms with Crippen molar-refractivity contribution >= 4 is 11.9 Å². The molecule has 1 amide bonds. The maximum Gasteiger partial charge on any atom is 0.335 e. The summed E-state index contributed by atoms with van der Waals surface area (Å²) in [6.45, 7) is 7.40. The molecule has 0 saturated carbocycles. The fraction of sp³-hybridized carbons (Fsp3) is 0.375.